The Morgan fingerprint density at radius 2 is 1.27 bits per heavy atom. The van der Waals surface area contributed by atoms with Crippen LogP contribution in [0.3, 0.4) is 0 Å². The van der Waals surface area contributed by atoms with Crippen molar-refractivity contribution in [3.05, 3.63) is 81.9 Å². The van der Waals surface area contributed by atoms with Crippen LogP contribution in [0.5, 0.6) is 0 Å². The molecule has 6 nitrogen and oxygen atoms in total. The SMILES string of the molecule is O=[N+]([O-])C12CN(Cc3ccccc3)CC1(O)CN(Cc1ccccc1)C2. The van der Waals surface area contributed by atoms with E-state index in [-0.39, 0.29) is 18.0 Å². The number of hydrogen-bond acceptors (Lipinski definition) is 5. The Bertz CT molecular complexity index is 728. The fraction of sp³-hybridized carbons (Fsp3) is 0.400. The molecule has 26 heavy (non-hydrogen) atoms. The second kappa shape index (κ2) is 6.46. The highest BCUT2D eigenvalue weighted by molar-refractivity contribution is 5.21. The third-order valence-electron chi connectivity index (χ3n) is 5.65. The van der Waals surface area contributed by atoms with E-state index in [0.29, 0.717) is 26.2 Å². The normalized spacial score (nSPS) is 29.0. The van der Waals surface area contributed by atoms with Crippen LogP contribution in [0.2, 0.25) is 0 Å². The maximum Gasteiger partial charge on any atom is 0.277 e. The Morgan fingerprint density at radius 3 is 1.62 bits per heavy atom. The highest BCUT2D eigenvalue weighted by atomic mass is 16.6. The van der Waals surface area contributed by atoms with Crippen LogP contribution in [0.1, 0.15) is 11.1 Å². The quantitative estimate of drug-likeness (QED) is 0.655. The third kappa shape index (κ3) is 2.90. The molecule has 0 saturated carbocycles. The molecule has 136 valence electrons. The molecular formula is C20H23N3O3. The van der Waals surface area contributed by atoms with Gasteiger partial charge >= 0.3 is 0 Å². The van der Waals surface area contributed by atoms with Crippen molar-refractivity contribution in [3.63, 3.8) is 0 Å². The minimum atomic E-state index is -1.32. The van der Waals surface area contributed by atoms with Gasteiger partial charge in [0.05, 0.1) is 13.1 Å². The number of benzene rings is 2. The summed E-state index contributed by atoms with van der Waals surface area (Å²) in [6.07, 6.45) is 0. The molecule has 2 saturated heterocycles. The van der Waals surface area contributed by atoms with Gasteiger partial charge in [-0.2, -0.15) is 0 Å². The Balaban J connectivity index is 1.52. The molecule has 0 aliphatic carbocycles. The van der Waals surface area contributed by atoms with Crippen molar-refractivity contribution in [2.24, 2.45) is 0 Å². The van der Waals surface area contributed by atoms with E-state index in [9.17, 15) is 15.2 Å². The number of rotatable bonds is 5. The minimum Gasteiger partial charge on any atom is -0.380 e. The molecule has 0 bridgehead atoms. The van der Waals surface area contributed by atoms with E-state index < -0.39 is 11.1 Å². The lowest BCUT2D eigenvalue weighted by molar-refractivity contribution is -0.578. The Kier molecular flexibility index (Phi) is 4.26. The van der Waals surface area contributed by atoms with Gasteiger partial charge in [0.25, 0.3) is 5.54 Å². The van der Waals surface area contributed by atoms with E-state index in [1.165, 1.54) is 0 Å². The second-order valence-corrected chi connectivity index (χ2v) is 7.58. The van der Waals surface area contributed by atoms with Crippen molar-refractivity contribution >= 4 is 0 Å². The van der Waals surface area contributed by atoms with E-state index in [1.54, 1.807) is 0 Å². The molecule has 2 aliphatic rings. The van der Waals surface area contributed by atoms with Crippen LogP contribution in [0.4, 0.5) is 0 Å². The predicted molar refractivity (Wildman–Crippen MR) is 98.1 cm³/mol. The van der Waals surface area contributed by atoms with Gasteiger partial charge in [0.2, 0.25) is 0 Å². The van der Waals surface area contributed by atoms with Crippen LogP contribution in [-0.2, 0) is 13.1 Å². The summed E-state index contributed by atoms with van der Waals surface area (Å²) in [5.74, 6) is 0. The summed E-state index contributed by atoms with van der Waals surface area (Å²) < 4.78 is 0. The Hall–Kier alpha value is -2.28. The van der Waals surface area contributed by atoms with Gasteiger partial charge in [0, 0.05) is 31.1 Å². The molecule has 2 heterocycles. The molecule has 4 rings (SSSR count). The minimum absolute atomic E-state index is 0.247. The number of nitro groups is 1. The lowest BCUT2D eigenvalue weighted by atomic mass is 9.87. The largest absolute Gasteiger partial charge is 0.380 e. The molecule has 0 radical (unpaired) electrons. The van der Waals surface area contributed by atoms with Crippen molar-refractivity contribution in [1.82, 2.24) is 9.80 Å². The number of nitrogens with zero attached hydrogens (tertiary/aromatic N) is 3. The van der Waals surface area contributed by atoms with E-state index in [4.69, 9.17) is 0 Å². The van der Waals surface area contributed by atoms with E-state index in [2.05, 4.69) is 0 Å². The van der Waals surface area contributed by atoms with Crippen LogP contribution < -0.4 is 0 Å². The lowest BCUT2D eigenvalue weighted by Gasteiger charge is -2.25. The average molecular weight is 353 g/mol. The van der Waals surface area contributed by atoms with Crippen molar-refractivity contribution in [3.8, 4) is 0 Å². The van der Waals surface area contributed by atoms with E-state index >= 15 is 0 Å². The molecule has 0 unspecified atom stereocenters. The van der Waals surface area contributed by atoms with Crippen LogP contribution in [0.15, 0.2) is 60.7 Å². The summed E-state index contributed by atoms with van der Waals surface area (Å²) in [6.45, 7) is 2.45. The zero-order chi connectivity index (χ0) is 18.2. The summed E-state index contributed by atoms with van der Waals surface area (Å²) in [6, 6.07) is 19.8. The molecule has 2 aromatic rings. The molecule has 6 heteroatoms. The van der Waals surface area contributed by atoms with E-state index in [0.717, 1.165) is 11.1 Å². The van der Waals surface area contributed by atoms with Crippen molar-refractivity contribution in [2.75, 3.05) is 26.2 Å². The lowest BCUT2D eigenvalue weighted by Crippen LogP contribution is -2.57. The van der Waals surface area contributed by atoms with Crippen LogP contribution >= 0.6 is 0 Å². The highest BCUT2D eigenvalue weighted by Crippen LogP contribution is 2.42. The zero-order valence-electron chi connectivity index (χ0n) is 14.6. The first kappa shape index (κ1) is 17.1. The van der Waals surface area contributed by atoms with Gasteiger partial charge in [-0.3, -0.25) is 19.9 Å². The van der Waals surface area contributed by atoms with Gasteiger partial charge in [-0.25, -0.2) is 0 Å². The molecule has 0 atom stereocenters. The molecule has 2 fully saturated rings. The number of likely N-dealkylation sites (tertiary alicyclic amines) is 2. The average Bonchev–Trinajstić information content (AvgIpc) is 3.03. The number of β-amino-alcohol motifs (C(OH)–C–C–N with tert-alkyl or cyclic N) is 1. The summed E-state index contributed by atoms with van der Waals surface area (Å²) in [5.41, 5.74) is -0.428. The molecule has 2 aliphatic heterocycles. The highest BCUT2D eigenvalue weighted by Gasteiger charge is 2.71. The molecule has 1 N–H and O–H groups in total. The van der Waals surface area contributed by atoms with Crippen LogP contribution in [-0.4, -0.2) is 57.1 Å². The molecule has 0 spiro atoms. The van der Waals surface area contributed by atoms with Crippen molar-refractivity contribution in [2.45, 2.75) is 24.2 Å². The van der Waals surface area contributed by atoms with Crippen LogP contribution in [0, 0.1) is 10.1 Å². The fourth-order valence-electron chi connectivity index (χ4n) is 4.47. The maximum absolute atomic E-state index is 12.0. The summed E-state index contributed by atoms with van der Waals surface area (Å²) in [5, 5.41) is 23.2. The van der Waals surface area contributed by atoms with Gasteiger partial charge in [-0.1, -0.05) is 60.7 Å². The van der Waals surface area contributed by atoms with Gasteiger partial charge in [0.1, 0.15) is 0 Å². The first-order valence-electron chi connectivity index (χ1n) is 8.90. The summed E-state index contributed by atoms with van der Waals surface area (Å²) in [4.78, 5) is 15.8. The summed E-state index contributed by atoms with van der Waals surface area (Å²) >= 11 is 0. The first-order chi connectivity index (χ1) is 12.5. The van der Waals surface area contributed by atoms with Crippen molar-refractivity contribution in [1.29, 1.82) is 0 Å². The van der Waals surface area contributed by atoms with E-state index in [1.807, 2.05) is 70.5 Å². The predicted octanol–water partition coefficient (Wildman–Crippen LogP) is 1.76. The fourth-order valence-corrected chi connectivity index (χ4v) is 4.47. The standard InChI is InChI=1S/C20H23N3O3/c24-20-15-21(11-17-7-3-1-4-8-17)13-19(20,23(25)26)14-22(16-20)12-18-9-5-2-6-10-18/h1-10,24H,11-16H2. The molecule has 2 aromatic carbocycles. The molecule has 0 amide bonds. The van der Waals surface area contributed by atoms with Gasteiger partial charge < -0.3 is 5.11 Å². The monoisotopic (exact) mass is 353 g/mol. The first-order valence-corrected chi connectivity index (χ1v) is 8.90. The van der Waals surface area contributed by atoms with Crippen LogP contribution in [0.25, 0.3) is 0 Å². The number of fused-ring (bicyclic) bond motifs is 1. The topological polar surface area (TPSA) is 69.8 Å². The number of aliphatic hydroxyl groups is 1. The smallest absolute Gasteiger partial charge is 0.277 e. The summed E-state index contributed by atoms with van der Waals surface area (Å²) in [7, 11) is 0. The maximum atomic E-state index is 12.0. The van der Waals surface area contributed by atoms with Gasteiger partial charge in [0.15, 0.2) is 5.60 Å². The second-order valence-electron chi connectivity index (χ2n) is 7.58. The molecular weight excluding hydrogens is 330 g/mol. The van der Waals surface area contributed by atoms with Gasteiger partial charge in [-0.05, 0) is 11.1 Å². The molecule has 0 aromatic heterocycles. The Labute approximate surface area is 152 Å². The Morgan fingerprint density at radius 1 is 0.846 bits per heavy atom. The third-order valence-corrected chi connectivity index (χ3v) is 5.65. The van der Waals surface area contributed by atoms with Crippen molar-refractivity contribution < 1.29 is 10.0 Å². The zero-order valence-corrected chi connectivity index (χ0v) is 14.6. The number of hydrogen-bond donors (Lipinski definition) is 1. The van der Waals surface area contributed by atoms with Gasteiger partial charge in [-0.15, -0.1) is 0 Å².